The van der Waals surface area contributed by atoms with Gasteiger partial charge in [-0.15, -0.1) is 11.3 Å². The highest BCUT2D eigenvalue weighted by Gasteiger charge is 2.07. The van der Waals surface area contributed by atoms with E-state index in [0.717, 1.165) is 11.2 Å². The molecule has 0 fully saturated rings. The Kier molecular flexibility index (Phi) is 71.1. The molecule has 0 radical (unpaired) electrons. The van der Waals surface area contributed by atoms with Crippen LogP contribution in [0.25, 0.3) is 85.7 Å². The van der Waals surface area contributed by atoms with Crippen LogP contribution in [0.1, 0.15) is 208 Å². The van der Waals surface area contributed by atoms with Gasteiger partial charge in [-0.05, 0) is 48.5 Å². The molecule has 0 unspecified atom stereocenters. The summed E-state index contributed by atoms with van der Waals surface area (Å²) >= 11 is 1.86. The maximum Gasteiger partial charge on any atom is 0.135 e. The summed E-state index contributed by atoms with van der Waals surface area (Å²) in [5.41, 5.74) is 7.12. The zero-order valence-electron chi connectivity index (χ0n) is 60.2. The van der Waals surface area contributed by atoms with Gasteiger partial charge in [-0.2, -0.15) is 0 Å². The number of fused-ring (bicyclic) bond motifs is 12. The Morgan fingerprint density at radius 1 is 0.202 bits per heavy atom. The lowest BCUT2D eigenvalue weighted by Crippen LogP contribution is -1.84. The molecule has 470 valence electrons. The molecule has 0 atom stereocenters. The third-order valence-corrected chi connectivity index (χ3v) is 11.4. The number of benzene rings is 8. The number of hydrogen-bond acceptors (Lipinski definition) is 2. The van der Waals surface area contributed by atoms with Crippen LogP contribution in [0.5, 0.6) is 0 Å². The van der Waals surface area contributed by atoms with Crippen LogP contribution in [0.15, 0.2) is 199 Å². The summed E-state index contributed by atoms with van der Waals surface area (Å²) in [7, 11) is 4.23. The van der Waals surface area contributed by atoms with E-state index in [4.69, 9.17) is 4.42 Å². The van der Waals surface area contributed by atoms with Crippen molar-refractivity contribution in [2.45, 2.75) is 208 Å². The van der Waals surface area contributed by atoms with Gasteiger partial charge in [-0.1, -0.05) is 353 Å². The normalized spacial score (nSPS) is 8.24. The van der Waals surface area contributed by atoms with Gasteiger partial charge in [0.05, 0.1) is 0 Å². The molecule has 0 saturated carbocycles. The smallest absolute Gasteiger partial charge is 0.135 e. The van der Waals surface area contributed by atoms with Crippen LogP contribution in [0.4, 0.5) is 0 Å². The van der Waals surface area contributed by atoms with E-state index in [1.165, 1.54) is 74.6 Å². The third-order valence-electron chi connectivity index (χ3n) is 10.2. The molecule has 0 saturated heterocycles. The van der Waals surface area contributed by atoms with E-state index in [0.29, 0.717) is 0 Å². The molecule has 8 aromatic carbocycles. The molecule has 84 heavy (non-hydrogen) atoms. The standard InChI is InChI=1S/2C13H11N.C12H8O.C12H8S.15C2H6/c2*1-14-12-8-4-2-6-10(12)11-7-3-5-9-13(11)14;2*1-3-7-11-9(5-1)10-6-2-4-8-12(10)13-11;15*1-2/h2*2-9H,1H3;2*1-8H;15*1-2H3. The van der Waals surface area contributed by atoms with Gasteiger partial charge in [-0.25, -0.2) is 0 Å². The zero-order valence-corrected chi connectivity index (χ0v) is 61.0. The van der Waals surface area contributed by atoms with E-state index < -0.39 is 0 Å². The van der Waals surface area contributed by atoms with Crippen LogP contribution >= 0.6 is 11.3 Å². The van der Waals surface area contributed by atoms with Gasteiger partial charge >= 0.3 is 0 Å². The Balaban J connectivity index is -0.000000164. The molecule has 4 heteroatoms. The summed E-state index contributed by atoms with van der Waals surface area (Å²) in [6.45, 7) is 60.0. The van der Waals surface area contributed by atoms with Crippen molar-refractivity contribution in [2.75, 3.05) is 0 Å². The van der Waals surface area contributed by atoms with Gasteiger partial charge in [0.2, 0.25) is 0 Å². The van der Waals surface area contributed by atoms with Crippen molar-refractivity contribution in [3.05, 3.63) is 194 Å². The highest BCUT2D eigenvalue weighted by molar-refractivity contribution is 7.25. The largest absolute Gasteiger partial charge is 0.456 e. The average Bonchev–Trinajstić information content (AvgIpc) is 4.58. The van der Waals surface area contributed by atoms with E-state index in [9.17, 15) is 0 Å². The summed E-state index contributed by atoms with van der Waals surface area (Å²) in [5.74, 6) is 0. The Morgan fingerprint density at radius 3 is 0.595 bits per heavy atom. The Hall–Kier alpha value is -6.62. The van der Waals surface area contributed by atoms with E-state index >= 15 is 0 Å². The fourth-order valence-electron chi connectivity index (χ4n) is 7.58. The predicted octanol–water partition coefficient (Wildman–Crippen LogP) is 29.7. The molecule has 4 aromatic heterocycles. The fourth-order valence-corrected chi connectivity index (χ4v) is 8.69. The van der Waals surface area contributed by atoms with Gasteiger partial charge in [0, 0.05) is 88.7 Å². The van der Waals surface area contributed by atoms with Crippen molar-refractivity contribution in [1.29, 1.82) is 0 Å². The molecule has 0 N–H and O–H groups in total. The van der Waals surface area contributed by atoms with Crippen LogP contribution in [-0.4, -0.2) is 9.13 Å². The average molecular weight is 1170 g/mol. The quantitative estimate of drug-likeness (QED) is 0.148. The molecule has 0 aliphatic carbocycles. The maximum atomic E-state index is 5.65. The Morgan fingerprint density at radius 2 is 0.369 bits per heavy atom. The number of aromatic nitrogens is 2. The minimum atomic E-state index is 0.962. The SMILES string of the molecule is CC.CC.CC.CC.CC.CC.CC.CC.CC.CC.CC.CC.CC.CC.CC.Cn1c2ccccc2c2ccccc21.Cn1c2ccccc2c2ccccc21.c1ccc2c(c1)oc1ccccc12.c1ccc2c(c1)sc1ccccc12. The van der Waals surface area contributed by atoms with Gasteiger partial charge in [0.1, 0.15) is 11.2 Å². The number of hydrogen-bond donors (Lipinski definition) is 0. The zero-order chi connectivity index (χ0) is 66.4. The lowest BCUT2D eigenvalue weighted by atomic mass is 10.2. The van der Waals surface area contributed by atoms with Gasteiger partial charge < -0.3 is 13.6 Å². The number of aryl methyl sites for hydroxylation is 2. The van der Waals surface area contributed by atoms with Gasteiger partial charge in [-0.3, -0.25) is 0 Å². The number of para-hydroxylation sites is 6. The number of furan rings is 1. The molecule has 0 aliphatic heterocycles. The van der Waals surface area contributed by atoms with Crippen molar-refractivity contribution < 1.29 is 4.42 Å². The van der Waals surface area contributed by atoms with E-state index in [1.54, 1.807) is 0 Å². The molecule has 0 spiro atoms. The maximum absolute atomic E-state index is 5.65. The lowest BCUT2D eigenvalue weighted by Gasteiger charge is -1.95. The minimum absolute atomic E-state index is 0.962. The summed E-state index contributed by atoms with van der Waals surface area (Å²) in [6, 6.07) is 67.4. The number of rotatable bonds is 0. The molecule has 12 rings (SSSR count). The van der Waals surface area contributed by atoms with Crippen LogP contribution in [0.3, 0.4) is 0 Å². The lowest BCUT2D eigenvalue weighted by molar-refractivity contribution is 0.669. The molecule has 0 aliphatic rings. The first-order valence-electron chi connectivity index (χ1n) is 33.2. The number of thiophene rings is 1. The fraction of sp³-hybridized carbons (Fsp3) is 0.400. The minimum Gasteiger partial charge on any atom is -0.456 e. The van der Waals surface area contributed by atoms with Gasteiger partial charge in [0.25, 0.3) is 0 Å². The highest BCUT2D eigenvalue weighted by Crippen LogP contribution is 2.33. The second-order valence-corrected chi connectivity index (χ2v) is 14.5. The van der Waals surface area contributed by atoms with E-state index in [2.05, 4.69) is 181 Å². The van der Waals surface area contributed by atoms with Crippen LogP contribution in [-0.2, 0) is 14.1 Å². The second kappa shape index (κ2) is 65.5. The summed E-state index contributed by atoms with van der Waals surface area (Å²) < 4.78 is 12.9. The molecule has 12 aromatic rings. The van der Waals surface area contributed by atoms with Crippen LogP contribution < -0.4 is 0 Å². The molecule has 0 amide bonds. The topological polar surface area (TPSA) is 23.0 Å². The Bertz CT molecular complexity index is 2790. The molecule has 4 heterocycles. The Labute approximate surface area is 523 Å². The van der Waals surface area contributed by atoms with E-state index in [1.807, 2.05) is 255 Å². The van der Waals surface area contributed by atoms with Gasteiger partial charge in [0.15, 0.2) is 0 Å². The molecule has 3 nitrogen and oxygen atoms in total. The van der Waals surface area contributed by atoms with Crippen molar-refractivity contribution in [2.24, 2.45) is 14.1 Å². The highest BCUT2D eigenvalue weighted by atomic mass is 32.1. The summed E-state index contributed by atoms with van der Waals surface area (Å²) in [4.78, 5) is 0. The van der Waals surface area contributed by atoms with Crippen molar-refractivity contribution in [1.82, 2.24) is 9.13 Å². The third kappa shape index (κ3) is 28.3. The van der Waals surface area contributed by atoms with Crippen LogP contribution in [0, 0.1) is 0 Å². The first-order valence-corrected chi connectivity index (χ1v) is 34.0. The second-order valence-electron chi connectivity index (χ2n) is 13.4. The van der Waals surface area contributed by atoms with Crippen LogP contribution in [0.2, 0.25) is 0 Å². The van der Waals surface area contributed by atoms with Crippen molar-refractivity contribution >= 4 is 97.1 Å². The summed E-state index contributed by atoms with van der Waals surface area (Å²) in [6.07, 6.45) is 0. The van der Waals surface area contributed by atoms with E-state index in [-0.39, 0.29) is 0 Å². The van der Waals surface area contributed by atoms with Crippen molar-refractivity contribution in [3.63, 3.8) is 0 Å². The van der Waals surface area contributed by atoms with Crippen molar-refractivity contribution in [3.8, 4) is 0 Å². The summed E-state index contributed by atoms with van der Waals surface area (Å²) in [5, 5.41) is 10.5. The number of nitrogens with zero attached hydrogens (tertiary/aromatic N) is 2. The first-order chi connectivity index (χ1) is 41.7. The monoisotopic (exact) mass is 1160 g/mol. The first kappa shape index (κ1) is 91.1. The predicted molar refractivity (Wildman–Crippen MR) is 404 cm³/mol. The molecular weight excluding hydrogens is 1040 g/mol. The molecular formula is C80H128N2OS. The molecule has 0 bridgehead atoms.